The summed E-state index contributed by atoms with van der Waals surface area (Å²) in [5, 5.41) is 11.9. The summed E-state index contributed by atoms with van der Waals surface area (Å²) in [7, 11) is 1.66. The number of nitriles is 1. The molecular weight excluding hydrogens is 244 g/mol. The Labute approximate surface area is 91.8 Å². The molecule has 0 aliphatic carbocycles. The van der Waals surface area contributed by atoms with Crippen molar-refractivity contribution in [3.05, 3.63) is 28.2 Å². The van der Waals surface area contributed by atoms with E-state index in [0.717, 1.165) is 16.7 Å². The lowest BCUT2D eigenvalue weighted by Crippen LogP contribution is -2.07. The van der Waals surface area contributed by atoms with Crippen LogP contribution < -0.4 is 5.32 Å². The molecule has 0 bridgehead atoms. The van der Waals surface area contributed by atoms with Crippen molar-refractivity contribution in [1.82, 2.24) is 0 Å². The van der Waals surface area contributed by atoms with Gasteiger partial charge in [-0.15, -0.1) is 0 Å². The van der Waals surface area contributed by atoms with Crippen LogP contribution in [-0.4, -0.2) is 20.3 Å². The van der Waals surface area contributed by atoms with E-state index in [2.05, 4.69) is 27.3 Å². The molecule has 0 saturated carbocycles. The average Bonchev–Trinajstić information content (AvgIpc) is 2.18. The fraction of sp³-hybridized carbons (Fsp3) is 0.300. The van der Waals surface area contributed by atoms with E-state index in [9.17, 15) is 0 Å². The molecule has 0 saturated heterocycles. The van der Waals surface area contributed by atoms with Gasteiger partial charge in [0.2, 0.25) is 0 Å². The maximum absolute atomic E-state index is 8.70. The zero-order valence-electron chi connectivity index (χ0n) is 7.88. The van der Waals surface area contributed by atoms with E-state index in [-0.39, 0.29) is 0 Å². The van der Waals surface area contributed by atoms with E-state index in [1.165, 1.54) is 0 Å². The molecular formula is C10H11BrN2O. The summed E-state index contributed by atoms with van der Waals surface area (Å²) in [4.78, 5) is 0. The summed E-state index contributed by atoms with van der Waals surface area (Å²) in [6.45, 7) is 1.42. The number of anilines is 1. The predicted molar refractivity (Wildman–Crippen MR) is 59.2 cm³/mol. The van der Waals surface area contributed by atoms with Crippen LogP contribution in [0.25, 0.3) is 0 Å². The van der Waals surface area contributed by atoms with Crippen LogP contribution in [0.2, 0.25) is 0 Å². The topological polar surface area (TPSA) is 45.0 Å². The van der Waals surface area contributed by atoms with Crippen molar-refractivity contribution < 1.29 is 4.74 Å². The van der Waals surface area contributed by atoms with Crippen molar-refractivity contribution in [3.63, 3.8) is 0 Å². The number of ether oxygens (including phenoxy) is 1. The van der Waals surface area contributed by atoms with Crippen molar-refractivity contribution in [1.29, 1.82) is 5.26 Å². The third kappa shape index (κ3) is 3.02. The quantitative estimate of drug-likeness (QED) is 0.840. The molecule has 0 unspecified atom stereocenters. The highest BCUT2D eigenvalue weighted by molar-refractivity contribution is 9.10. The predicted octanol–water partition coefficient (Wildman–Crippen LogP) is 2.38. The Bertz CT molecular complexity index is 346. The van der Waals surface area contributed by atoms with E-state index in [0.29, 0.717) is 12.2 Å². The fourth-order valence-electron chi connectivity index (χ4n) is 1.01. The molecule has 0 aliphatic heterocycles. The number of nitrogens with one attached hydrogen (secondary N) is 1. The summed E-state index contributed by atoms with van der Waals surface area (Å²) in [6, 6.07) is 7.62. The van der Waals surface area contributed by atoms with Crippen LogP contribution in [0.3, 0.4) is 0 Å². The molecule has 0 aliphatic rings. The lowest BCUT2D eigenvalue weighted by Gasteiger charge is -2.06. The Balaban J connectivity index is 2.63. The van der Waals surface area contributed by atoms with Gasteiger partial charge in [0.15, 0.2) is 0 Å². The first-order valence-corrected chi connectivity index (χ1v) is 4.99. The van der Waals surface area contributed by atoms with Crippen molar-refractivity contribution in [2.75, 3.05) is 25.6 Å². The lowest BCUT2D eigenvalue weighted by molar-refractivity contribution is 0.211. The Hall–Kier alpha value is -1.05. The molecule has 1 rings (SSSR count). The number of hydrogen-bond donors (Lipinski definition) is 1. The van der Waals surface area contributed by atoms with Gasteiger partial charge in [-0.2, -0.15) is 5.26 Å². The first kappa shape index (κ1) is 11.0. The molecule has 0 atom stereocenters. The largest absolute Gasteiger partial charge is 0.383 e. The van der Waals surface area contributed by atoms with Gasteiger partial charge in [-0.25, -0.2) is 0 Å². The summed E-state index contributed by atoms with van der Waals surface area (Å²) >= 11 is 3.32. The molecule has 1 aromatic carbocycles. The highest BCUT2D eigenvalue weighted by atomic mass is 79.9. The monoisotopic (exact) mass is 254 g/mol. The van der Waals surface area contributed by atoms with Crippen molar-refractivity contribution in [2.45, 2.75) is 0 Å². The minimum absolute atomic E-state index is 0.641. The first-order chi connectivity index (χ1) is 6.77. The zero-order valence-corrected chi connectivity index (χ0v) is 9.47. The molecule has 4 heteroatoms. The molecule has 0 radical (unpaired) electrons. The highest BCUT2D eigenvalue weighted by Crippen LogP contribution is 2.20. The van der Waals surface area contributed by atoms with Crippen LogP contribution in [0.5, 0.6) is 0 Å². The molecule has 74 valence electrons. The second kappa shape index (κ2) is 5.63. The van der Waals surface area contributed by atoms with E-state index in [4.69, 9.17) is 10.00 Å². The molecule has 0 aromatic heterocycles. The third-order valence-electron chi connectivity index (χ3n) is 1.72. The van der Waals surface area contributed by atoms with Gasteiger partial charge in [0.05, 0.1) is 12.2 Å². The van der Waals surface area contributed by atoms with Gasteiger partial charge in [0.1, 0.15) is 6.07 Å². The molecule has 1 N–H and O–H groups in total. The van der Waals surface area contributed by atoms with Gasteiger partial charge < -0.3 is 10.1 Å². The number of nitrogens with zero attached hydrogens (tertiary/aromatic N) is 1. The SMILES string of the molecule is COCCNc1ccc(C#N)c(Br)c1. The maximum Gasteiger partial charge on any atom is 0.100 e. The average molecular weight is 255 g/mol. The van der Waals surface area contributed by atoms with Gasteiger partial charge in [-0.3, -0.25) is 0 Å². The molecule has 1 aromatic rings. The summed E-state index contributed by atoms with van der Waals surface area (Å²) in [5.41, 5.74) is 1.62. The van der Waals surface area contributed by atoms with Gasteiger partial charge in [-0.1, -0.05) is 0 Å². The Morgan fingerprint density at radius 3 is 2.93 bits per heavy atom. The summed E-state index contributed by atoms with van der Waals surface area (Å²) in [5.74, 6) is 0. The molecule has 0 spiro atoms. The molecule has 0 fully saturated rings. The van der Waals surface area contributed by atoms with E-state index in [1.807, 2.05) is 12.1 Å². The minimum atomic E-state index is 0.641. The smallest absolute Gasteiger partial charge is 0.100 e. The van der Waals surface area contributed by atoms with Crippen molar-refractivity contribution in [3.8, 4) is 6.07 Å². The fourth-order valence-corrected chi connectivity index (χ4v) is 1.48. The van der Waals surface area contributed by atoms with Gasteiger partial charge in [-0.05, 0) is 34.1 Å². The Morgan fingerprint density at radius 1 is 1.57 bits per heavy atom. The molecule has 0 amide bonds. The second-order valence-electron chi connectivity index (χ2n) is 2.73. The van der Waals surface area contributed by atoms with Crippen LogP contribution in [0.1, 0.15) is 5.56 Å². The highest BCUT2D eigenvalue weighted by Gasteiger charge is 1.99. The van der Waals surface area contributed by atoms with Crippen LogP contribution in [0.4, 0.5) is 5.69 Å². The first-order valence-electron chi connectivity index (χ1n) is 4.20. The van der Waals surface area contributed by atoms with E-state index < -0.39 is 0 Å². The van der Waals surface area contributed by atoms with Crippen molar-refractivity contribution in [2.24, 2.45) is 0 Å². The van der Waals surface area contributed by atoms with Crippen molar-refractivity contribution >= 4 is 21.6 Å². The second-order valence-corrected chi connectivity index (χ2v) is 3.58. The normalized spacial score (nSPS) is 9.50. The van der Waals surface area contributed by atoms with E-state index >= 15 is 0 Å². The van der Waals surface area contributed by atoms with Crippen LogP contribution >= 0.6 is 15.9 Å². The zero-order chi connectivity index (χ0) is 10.4. The summed E-state index contributed by atoms with van der Waals surface area (Å²) < 4.78 is 5.72. The number of hydrogen-bond acceptors (Lipinski definition) is 3. The third-order valence-corrected chi connectivity index (χ3v) is 2.38. The minimum Gasteiger partial charge on any atom is -0.383 e. The van der Waals surface area contributed by atoms with Crippen LogP contribution in [0.15, 0.2) is 22.7 Å². The molecule has 3 nitrogen and oxygen atoms in total. The van der Waals surface area contributed by atoms with Crippen LogP contribution in [0, 0.1) is 11.3 Å². The lowest BCUT2D eigenvalue weighted by atomic mass is 10.2. The summed E-state index contributed by atoms with van der Waals surface area (Å²) in [6.07, 6.45) is 0. The van der Waals surface area contributed by atoms with Gasteiger partial charge in [0, 0.05) is 23.8 Å². The van der Waals surface area contributed by atoms with Gasteiger partial charge in [0.25, 0.3) is 0 Å². The van der Waals surface area contributed by atoms with E-state index in [1.54, 1.807) is 13.2 Å². The number of halogens is 1. The number of rotatable bonds is 4. The van der Waals surface area contributed by atoms with Gasteiger partial charge >= 0.3 is 0 Å². The standard InChI is InChI=1S/C10H11BrN2O/c1-14-5-4-13-9-3-2-8(7-12)10(11)6-9/h2-3,6,13H,4-5H2,1H3. The van der Waals surface area contributed by atoms with Crippen LogP contribution in [-0.2, 0) is 4.74 Å². The molecule has 14 heavy (non-hydrogen) atoms. The number of benzene rings is 1. The molecule has 0 heterocycles. The number of methoxy groups -OCH3 is 1. The Kier molecular flexibility index (Phi) is 4.44. The Morgan fingerprint density at radius 2 is 2.36 bits per heavy atom. The maximum atomic E-state index is 8.70.